The molecular formula is C11H24N2O. The van der Waals surface area contributed by atoms with E-state index in [1.54, 1.807) is 7.11 Å². The van der Waals surface area contributed by atoms with Gasteiger partial charge in [0.05, 0.1) is 0 Å². The van der Waals surface area contributed by atoms with Crippen molar-refractivity contribution in [3.8, 4) is 0 Å². The second-order valence-corrected chi connectivity index (χ2v) is 4.43. The van der Waals surface area contributed by atoms with Crippen LogP contribution < -0.4 is 5.73 Å². The Morgan fingerprint density at radius 3 is 2.79 bits per heavy atom. The van der Waals surface area contributed by atoms with Crippen molar-refractivity contribution >= 4 is 0 Å². The number of rotatable bonds is 4. The predicted octanol–water partition coefficient (Wildman–Crippen LogP) is 1.08. The number of nitrogens with two attached hydrogens (primary N) is 1. The van der Waals surface area contributed by atoms with Gasteiger partial charge in [0, 0.05) is 32.3 Å². The molecule has 3 atom stereocenters. The first-order chi connectivity index (χ1) is 6.66. The molecule has 0 saturated carbocycles. The number of likely N-dealkylation sites (tertiary alicyclic amines) is 1. The van der Waals surface area contributed by atoms with Crippen molar-refractivity contribution in [1.29, 1.82) is 0 Å². The molecule has 0 spiro atoms. The zero-order valence-corrected chi connectivity index (χ0v) is 9.70. The maximum Gasteiger partial charge on any atom is 0.0474 e. The zero-order chi connectivity index (χ0) is 10.6. The molecule has 0 aromatic carbocycles. The molecule has 14 heavy (non-hydrogen) atoms. The van der Waals surface area contributed by atoms with E-state index in [-0.39, 0.29) is 0 Å². The van der Waals surface area contributed by atoms with Crippen LogP contribution in [0.5, 0.6) is 0 Å². The summed E-state index contributed by atoms with van der Waals surface area (Å²) in [6.45, 7) is 7.71. The molecular weight excluding hydrogens is 176 g/mol. The fourth-order valence-electron chi connectivity index (χ4n) is 2.20. The van der Waals surface area contributed by atoms with Crippen LogP contribution in [0.4, 0.5) is 0 Å². The fourth-order valence-corrected chi connectivity index (χ4v) is 2.20. The minimum Gasteiger partial charge on any atom is -0.385 e. The van der Waals surface area contributed by atoms with Crippen LogP contribution in [0.15, 0.2) is 0 Å². The topological polar surface area (TPSA) is 38.5 Å². The highest BCUT2D eigenvalue weighted by Crippen LogP contribution is 2.21. The van der Waals surface area contributed by atoms with Gasteiger partial charge in [-0.15, -0.1) is 0 Å². The van der Waals surface area contributed by atoms with Crippen LogP contribution in [0.1, 0.15) is 26.7 Å². The summed E-state index contributed by atoms with van der Waals surface area (Å²) in [5.74, 6) is 0.617. The third kappa shape index (κ3) is 2.94. The van der Waals surface area contributed by atoms with Crippen LogP contribution in [-0.2, 0) is 4.74 Å². The smallest absolute Gasteiger partial charge is 0.0474 e. The minimum absolute atomic E-state index is 0.392. The lowest BCUT2D eigenvalue weighted by molar-refractivity contribution is 0.0852. The lowest BCUT2D eigenvalue weighted by Crippen LogP contribution is -2.51. The number of piperidine rings is 1. The Labute approximate surface area is 87.6 Å². The van der Waals surface area contributed by atoms with Gasteiger partial charge in [-0.05, 0) is 32.2 Å². The van der Waals surface area contributed by atoms with Gasteiger partial charge < -0.3 is 15.4 Å². The van der Waals surface area contributed by atoms with Gasteiger partial charge in [-0.25, -0.2) is 0 Å². The van der Waals surface area contributed by atoms with Crippen molar-refractivity contribution in [2.24, 2.45) is 11.7 Å². The molecule has 3 nitrogen and oxygen atoms in total. The summed E-state index contributed by atoms with van der Waals surface area (Å²) in [4.78, 5) is 2.53. The Morgan fingerprint density at radius 2 is 2.14 bits per heavy atom. The lowest BCUT2D eigenvalue weighted by atomic mass is 9.87. The third-order valence-corrected chi connectivity index (χ3v) is 3.56. The van der Waals surface area contributed by atoms with E-state index in [1.807, 2.05) is 0 Å². The molecule has 2 N–H and O–H groups in total. The minimum atomic E-state index is 0.392. The highest BCUT2D eigenvalue weighted by molar-refractivity contribution is 4.86. The van der Waals surface area contributed by atoms with Crippen molar-refractivity contribution < 1.29 is 4.74 Å². The summed E-state index contributed by atoms with van der Waals surface area (Å²) >= 11 is 0. The summed E-state index contributed by atoms with van der Waals surface area (Å²) in [6.07, 6.45) is 2.27. The Morgan fingerprint density at radius 1 is 1.43 bits per heavy atom. The molecule has 1 heterocycles. The van der Waals surface area contributed by atoms with E-state index >= 15 is 0 Å². The van der Waals surface area contributed by atoms with E-state index in [2.05, 4.69) is 18.7 Å². The predicted molar refractivity (Wildman–Crippen MR) is 59.3 cm³/mol. The number of hydrogen-bond acceptors (Lipinski definition) is 3. The van der Waals surface area contributed by atoms with Crippen molar-refractivity contribution in [1.82, 2.24) is 4.90 Å². The van der Waals surface area contributed by atoms with Gasteiger partial charge >= 0.3 is 0 Å². The lowest BCUT2D eigenvalue weighted by Gasteiger charge is -2.41. The molecule has 84 valence electrons. The van der Waals surface area contributed by atoms with Gasteiger partial charge in [0.1, 0.15) is 0 Å². The zero-order valence-electron chi connectivity index (χ0n) is 9.70. The molecule has 0 radical (unpaired) electrons. The first-order valence-corrected chi connectivity index (χ1v) is 5.65. The summed E-state index contributed by atoms with van der Waals surface area (Å²) in [5, 5.41) is 0. The highest BCUT2D eigenvalue weighted by atomic mass is 16.5. The van der Waals surface area contributed by atoms with Crippen LogP contribution in [0.25, 0.3) is 0 Å². The molecule has 0 bridgehead atoms. The van der Waals surface area contributed by atoms with E-state index in [0.29, 0.717) is 18.0 Å². The molecule has 1 aliphatic heterocycles. The van der Waals surface area contributed by atoms with Crippen LogP contribution >= 0.6 is 0 Å². The maximum atomic E-state index is 6.03. The Kier molecular flexibility index (Phi) is 4.85. The molecule has 3 heteroatoms. The van der Waals surface area contributed by atoms with E-state index in [9.17, 15) is 0 Å². The molecule has 0 amide bonds. The summed E-state index contributed by atoms with van der Waals surface area (Å²) in [5.41, 5.74) is 6.03. The molecule has 1 fully saturated rings. The van der Waals surface area contributed by atoms with Gasteiger partial charge in [-0.3, -0.25) is 0 Å². The standard InChI is InChI=1S/C11H24N2O/c1-9-10(2)13(6-4-8-14-3)7-5-11(9)12/h9-11H,4-8,12H2,1-3H3. The van der Waals surface area contributed by atoms with Crippen LogP contribution in [-0.4, -0.2) is 43.8 Å². The quantitative estimate of drug-likeness (QED) is 0.690. The Hall–Kier alpha value is -0.120. The van der Waals surface area contributed by atoms with Gasteiger partial charge in [0.15, 0.2) is 0 Å². The van der Waals surface area contributed by atoms with E-state index in [0.717, 1.165) is 32.5 Å². The number of nitrogens with zero attached hydrogens (tertiary/aromatic N) is 1. The van der Waals surface area contributed by atoms with Crippen LogP contribution in [0, 0.1) is 5.92 Å². The maximum absolute atomic E-state index is 6.03. The van der Waals surface area contributed by atoms with Crippen molar-refractivity contribution in [3.05, 3.63) is 0 Å². The summed E-state index contributed by atoms with van der Waals surface area (Å²) in [6, 6.07) is 1.01. The van der Waals surface area contributed by atoms with Crippen LogP contribution in [0.3, 0.4) is 0 Å². The molecule has 3 unspecified atom stereocenters. The average Bonchev–Trinajstić information content (AvgIpc) is 2.18. The van der Waals surface area contributed by atoms with Gasteiger partial charge in [-0.1, -0.05) is 6.92 Å². The van der Waals surface area contributed by atoms with Crippen molar-refractivity contribution in [2.75, 3.05) is 26.8 Å². The number of hydrogen-bond donors (Lipinski definition) is 1. The first-order valence-electron chi connectivity index (χ1n) is 5.65. The first kappa shape index (κ1) is 12.0. The molecule has 0 aromatic rings. The number of methoxy groups -OCH3 is 1. The summed E-state index contributed by atoms with van der Waals surface area (Å²) < 4.78 is 5.06. The van der Waals surface area contributed by atoms with Gasteiger partial charge in [0.2, 0.25) is 0 Å². The van der Waals surface area contributed by atoms with E-state index in [4.69, 9.17) is 10.5 Å². The Balaban J connectivity index is 2.31. The molecule has 1 saturated heterocycles. The van der Waals surface area contributed by atoms with Crippen LogP contribution in [0.2, 0.25) is 0 Å². The SMILES string of the molecule is COCCCN1CCC(N)C(C)C1C. The van der Waals surface area contributed by atoms with Gasteiger partial charge in [-0.2, -0.15) is 0 Å². The third-order valence-electron chi connectivity index (χ3n) is 3.56. The fraction of sp³-hybridized carbons (Fsp3) is 1.00. The molecule has 1 aliphatic rings. The molecule has 1 rings (SSSR count). The highest BCUT2D eigenvalue weighted by Gasteiger charge is 2.29. The Bertz CT molecular complexity index is 163. The molecule has 0 aliphatic carbocycles. The van der Waals surface area contributed by atoms with Crippen molar-refractivity contribution in [2.45, 2.75) is 38.8 Å². The second kappa shape index (κ2) is 5.69. The van der Waals surface area contributed by atoms with E-state index < -0.39 is 0 Å². The van der Waals surface area contributed by atoms with Crippen molar-refractivity contribution in [3.63, 3.8) is 0 Å². The number of ether oxygens (including phenoxy) is 1. The second-order valence-electron chi connectivity index (χ2n) is 4.43. The summed E-state index contributed by atoms with van der Waals surface area (Å²) in [7, 11) is 1.76. The largest absolute Gasteiger partial charge is 0.385 e. The molecule has 0 aromatic heterocycles. The monoisotopic (exact) mass is 200 g/mol. The van der Waals surface area contributed by atoms with Gasteiger partial charge in [0.25, 0.3) is 0 Å². The normalized spacial score (nSPS) is 34.7. The van der Waals surface area contributed by atoms with E-state index in [1.165, 1.54) is 0 Å². The average molecular weight is 200 g/mol.